The molecule has 1 aromatic carbocycles. The summed E-state index contributed by atoms with van der Waals surface area (Å²) in [5.74, 6) is 0. The number of hydrogen-bond donors (Lipinski definition) is 0. The van der Waals surface area contributed by atoms with Gasteiger partial charge in [-0.3, -0.25) is 19.9 Å². The summed E-state index contributed by atoms with van der Waals surface area (Å²) < 4.78 is 0. The lowest BCUT2D eigenvalue weighted by Crippen LogP contribution is -2.06. The van der Waals surface area contributed by atoms with E-state index < -0.39 is 7.92 Å². The van der Waals surface area contributed by atoms with Crippen LogP contribution < -0.4 is 5.30 Å². The molecule has 4 aromatic heterocycles. The monoisotopic (exact) mass is 446 g/mol. The largest absolute Gasteiger partial charge is 0.255 e. The molecule has 4 nitrogen and oxygen atoms in total. The molecular formula is C28H23N4P. The van der Waals surface area contributed by atoms with Crippen LogP contribution in [-0.2, 0) is 12.3 Å². The summed E-state index contributed by atoms with van der Waals surface area (Å²) >= 11 is 0. The third kappa shape index (κ3) is 5.36. The van der Waals surface area contributed by atoms with Crippen LogP contribution in [0.3, 0.4) is 0 Å². The number of hydrogen-bond acceptors (Lipinski definition) is 4. The number of benzene rings is 1. The van der Waals surface area contributed by atoms with Crippen molar-refractivity contribution in [3.05, 3.63) is 127 Å². The van der Waals surface area contributed by atoms with E-state index in [0.29, 0.717) is 0 Å². The highest BCUT2D eigenvalue weighted by atomic mass is 31.1. The van der Waals surface area contributed by atoms with Crippen LogP contribution in [0.1, 0.15) is 11.4 Å². The molecule has 0 aliphatic carbocycles. The Balaban J connectivity index is 1.44. The van der Waals surface area contributed by atoms with Crippen molar-refractivity contribution < 1.29 is 0 Å². The normalized spacial score (nSPS) is 10.9. The zero-order valence-electron chi connectivity index (χ0n) is 18.1. The first-order valence-electron chi connectivity index (χ1n) is 10.9. The minimum atomic E-state index is -0.537. The Morgan fingerprint density at radius 1 is 0.455 bits per heavy atom. The standard InChI is InChI=1S/C28H23N4P/c1-2-12-24(13-3-1)33(20-22-10-8-16-27(31-22)25-14-4-6-18-29-25)21-23-11-9-17-28(32-23)26-15-5-7-19-30-26/h1-19H,20-21H2. The number of rotatable bonds is 7. The van der Waals surface area contributed by atoms with Crippen molar-refractivity contribution >= 4 is 13.2 Å². The third-order valence-corrected chi connectivity index (χ3v) is 7.74. The van der Waals surface area contributed by atoms with Crippen LogP contribution >= 0.6 is 7.92 Å². The number of aromatic nitrogens is 4. The summed E-state index contributed by atoms with van der Waals surface area (Å²) in [7, 11) is -0.537. The quantitative estimate of drug-likeness (QED) is 0.283. The van der Waals surface area contributed by atoms with Crippen molar-refractivity contribution in [3.8, 4) is 22.8 Å². The van der Waals surface area contributed by atoms with Crippen LogP contribution in [-0.4, -0.2) is 19.9 Å². The highest BCUT2D eigenvalue weighted by molar-refractivity contribution is 7.64. The lowest BCUT2D eigenvalue weighted by atomic mass is 10.2. The van der Waals surface area contributed by atoms with Crippen molar-refractivity contribution in [3.63, 3.8) is 0 Å². The van der Waals surface area contributed by atoms with Gasteiger partial charge in [0.05, 0.1) is 22.8 Å². The second-order valence-corrected chi connectivity index (χ2v) is 9.88. The van der Waals surface area contributed by atoms with Gasteiger partial charge in [0.2, 0.25) is 0 Å². The molecule has 0 amide bonds. The van der Waals surface area contributed by atoms with Crippen LogP contribution in [0.25, 0.3) is 22.8 Å². The van der Waals surface area contributed by atoms with Crippen LogP contribution in [0.4, 0.5) is 0 Å². The van der Waals surface area contributed by atoms with Crippen molar-refractivity contribution in [2.75, 3.05) is 0 Å². The molecule has 160 valence electrons. The maximum atomic E-state index is 4.94. The summed E-state index contributed by atoms with van der Waals surface area (Å²) in [6.07, 6.45) is 5.38. The SMILES string of the molecule is c1ccc(P(Cc2cccc(-c3ccccn3)n2)Cc2cccc(-c3ccccn3)n2)cc1. The fraction of sp³-hybridized carbons (Fsp3) is 0.0714. The van der Waals surface area contributed by atoms with Gasteiger partial charge in [0, 0.05) is 36.1 Å². The second-order valence-electron chi connectivity index (χ2n) is 7.65. The lowest BCUT2D eigenvalue weighted by Gasteiger charge is -2.18. The zero-order chi connectivity index (χ0) is 22.3. The van der Waals surface area contributed by atoms with Gasteiger partial charge in [-0.15, -0.1) is 0 Å². The molecule has 0 saturated heterocycles. The van der Waals surface area contributed by atoms with E-state index in [4.69, 9.17) is 9.97 Å². The van der Waals surface area contributed by atoms with Crippen molar-refractivity contribution in [1.82, 2.24) is 19.9 Å². The minimum Gasteiger partial charge on any atom is -0.255 e. The Bertz CT molecular complexity index is 1230. The van der Waals surface area contributed by atoms with E-state index in [1.807, 2.05) is 48.5 Å². The summed E-state index contributed by atoms with van der Waals surface area (Å²) in [4.78, 5) is 18.8. The number of pyridine rings is 4. The molecule has 0 N–H and O–H groups in total. The first-order chi connectivity index (χ1) is 16.3. The van der Waals surface area contributed by atoms with E-state index in [-0.39, 0.29) is 0 Å². The van der Waals surface area contributed by atoms with Gasteiger partial charge in [-0.05, 0) is 53.8 Å². The third-order valence-electron chi connectivity index (χ3n) is 5.30. The molecule has 5 heteroatoms. The van der Waals surface area contributed by atoms with E-state index in [2.05, 4.69) is 64.6 Å². The maximum absolute atomic E-state index is 4.94. The predicted molar refractivity (Wildman–Crippen MR) is 135 cm³/mol. The van der Waals surface area contributed by atoms with Crippen molar-refractivity contribution in [2.24, 2.45) is 0 Å². The van der Waals surface area contributed by atoms with Gasteiger partial charge in [-0.25, -0.2) is 0 Å². The molecule has 0 bridgehead atoms. The first kappa shape index (κ1) is 21.1. The highest BCUT2D eigenvalue weighted by Gasteiger charge is 2.16. The predicted octanol–water partition coefficient (Wildman–Crippen LogP) is 6.11. The van der Waals surface area contributed by atoms with Gasteiger partial charge >= 0.3 is 0 Å². The average Bonchev–Trinajstić information content (AvgIpc) is 2.90. The Kier molecular flexibility index (Phi) is 6.56. The van der Waals surface area contributed by atoms with Gasteiger partial charge in [0.1, 0.15) is 0 Å². The van der Waals surface area contributed by atoms with E-state index in [0.717, 1.165) is 46.5 Å². The molecule has 0 spiro atoms. The molecule has 0 saturated carbocycles. The van der Waals surface area contributed by atoms with E-state index in [1.165, 1.54) is 5.30 Å². The van der Waals surface area contributed by atoms with Crippen LogP contribution in [0.2, 0.25) is 0 Å². The topological polar surface area (TPSA) is 51.6 Å². The van der Waals surface area contributed by atoms with Gasteiger partial charge in [0.25, 0.3) is 0 Å². The Labute approximate surface area is 195 Å². The molecule has 5 aromatic rings. The van der Waals surface area contributed by atoms with Gasteiger partial charge in [-0.1, -0.05) is 62.5 Å². The first-order valence-corrected chi connectivity index (χ1v) is 12.6. The van der Waals surface area contributed by atoms with Gasteiger partial charge in [-0.2, -0.15) is 0 Å². The zero-order valence-corrected chi connectivity index (χ0v) is 19.0. The molecular weight excluding hydrogens is 423 g/mol. The summed E-state index contributed by atoms with van der Waals surface area (Å²) in [5, 5.41) is 1.35. The minimum absolute atomic E-state index is 0.537. The van der Waals surface area contributed by atoms with Crippen molar-refractivity contribution in [1.29, 1.82) is 0 Å². The Hall–Kier alpha value is -3.75. The fourth-order valence-corrected chi connectivity index (χ4v) is 5.92. The fourth-order valence-electron chi connectivity index (χ4n) is 3.72. The van der Waals surface area contributed by atoms with E-state index >= 15 is 0 Å². The molecule has 33 heavy (non-hydrogen) atoms. The number of nitrogens with zero attached hydrogens (tertiary/aromatic N) is 4. The highest BCUT2D eigenvalue weighted by Crippen LogP contribution is 2.42. The summed E-state index contributed by atoms with van der Waals surface area (Å²) in [6.45, 7) is 0. The molecule has 0 aliphatic rings. The van der Waals surface area contributed by atoms with Crippen molar-refractivity contribution in [2.45, 2.75) is 12.3 Å². The molecule has 0 unspecified atom stereocenters. The van der Waals surface area contributed by atoms with Crippen LogP contribution in [0, 0.1) is 0 Å². The Morgan fingerprint density at radius 2 is 0.939 bits per heavy atom. The van der Waals surface area contributed by atoms with Crippen LogP contribution in [0.15, 0.2) is 116 Å². The smallest absolute Gasteiger partial charge is 0.0889 e. The molecule has 5 rings (SSSR count). The molecule has 4 heterocycles. The maximum Gasteiger partial charge on any atom is 0.0889 e. The lowest BCUT2D eigenvalue weighted by molar-refractivity contribution is 1.12. The molecule has 0 fully saturated rings. The molecule has 0 aliphatic heterocycles. The second kappa shape index (κ2) is 10.2. The molecule has 0 radical (unpaired) electrons. The van der Waals surface area contributed by atoms with Gasteiger partial charge < -0.3 is 0 Å². The average molecular weight is 446 g/mol. The molecule has 0 atom stereocenters. The van der Waals surface area contributed by atoms with E-state index in [1.54, 1.807) is 12.4 Å². The van der Waals surface area contributed by atoms with Crippen LogP contribution in [0.5, 0.6) is 0 Å². The van der Waals surface area contributed by atoms with E-state index in [9.17, 15) is 0 Å². The Morgan fingerprint density at radius 3 is 1.42 bits per heavy atom. The van der Waals surface area contributed by atoms with Gasteiger partial charge in [0.15, 0.2) is 0 Å². The summed E-state index contributed by atoms with van der Waals surface area (Å²) in [5.41, 5.74) is 5.77. The summed E-state index contributed by atoms with van der Waals surface area (Å²) in [6, 6.07) is 35.0.